The van der Waals surface area contributed by atoms with E-state index in [9.17, 15) is 23.3 Å². The zero-order valence-corrected chi connectivity index (χ0v) is 27.0. The molecule has 2 atom stereocenters. The highest BCUT2D eigenvalue weighted by Gasteiger charge is 2.48. The second kappa shape index (κ2) is 11.8. The summed E-state index contributed by atoms with van der Waals surface area (Å²) in [5.41, 5.74) is 1.11. The van der Waals surface area contributed by atoms with Crippen LogP contribution in [0, 0.1) is 10.6 Å². The van der Waals surface area contributed by atoms with Gasteiger partial charge in [0.2, 0.25) is 5.88 Å². The number of quaternary nitrogens is 1. The third kappa shape index (κ3) is 7.88. The Kier molecular flexibility index (Phi) is 9.59. The van der Waals surface area contributed by atoms with Gasteiger partial charge in [0.05, 0.1) is 23.1 Å². The molecule has 3 rings (SSSR count). The molecular formula is C28H47N4O6PS. The number of hydrogen-bond donors (Lipinski definition) is 2. The van der Waals surface area contributed by atoms with Gasteiger partial charge in [0, 0.05) is 18.4 Å². The molecule has 0 bridgehead atoms. The van der Waals surface area contributed by atoms with Crippen molar-refractivity contribution in [1.29, 1.82) is 0 Å². The number of fused-ring (bicyclic) bond motifs is 1. The minimum atomic E-state index is -3.70. The van der Waals surface area contributed by atoms with E-state index in [1.54, 1.807) is 6.92 Å². The number of amidine groups is 1. The first-order valence-corrected chi connectivity index (χ1v) is 17.7. The maximum Gasteiger partial charge on any atom is 0.348 e. The Morgan fingerprint density at radius 1 is 1.18 bits per heavy atom. The second-order valence-corrected chi connectivity index (χ2v) is 17.4. The first-order chi connectivity index (χ1) is 18.3. The lowest BCUT2D eigenvalue weighted by Gasteiger charge is -2.51. The van der Waals surface area contributed by atoms with Gasteiger partial charge in [-0.15, -0.1) is 0 Å². The summed E-state index contributed by atoms with van der Waals surface area (Å²) < 4.78 is 46.4. The Bertz CT molecular complexity index is 1310. The number of hydrogen-bond acceptors (Lipinski definition) is 8. The van der Waals surface area contributed by atoms with Crippen LogP contribution in [0.2, 0.25) is 0 Å². The van der Waals surface area contributed by atoms with Gasteiger partial charge in [-0.25, -0.2) is 13.2 Å². The molecule has 0 saturated carbocycles. The summed E-state index contributed by atoms with van der Waals surface area (Å²) in [6, 6.07) is 5.59. The van der Waals surface area contributed by atoms with Crippen LogP contribution < -0.4 is 10.6 Å². The summed E-state index contributed by atoms with van der Waals surface area (Å²) in [5.74, 6) is 0.198. The summed E-state index contributed by atoms with van der Waals surface area (Å²) in [5, 5.41) is 30.8. The van der Waals surface area contributed by atoms with Crippen LogP contribution in [-0.2, 0) is 25.3 Å². The predicted octanol–water partition coefficient (Wildman–Crippen LogP) is 5.67. The number of nitrogens with one attached hydrogen (secondary N) is 1. The van der Waals surface area contributed by atoms with Gasteiger partial charge in [-0.3, -0.25) is 4.57 Å². The van der Waals surface area contributed by atoms with Crippen molar-refractivity contribution < 1.29 is 27.4 Å². The first-order valence-electron chi connectivity index (χ1n) is 14.0. The molecule has 0 aliphatic carbocycles. The number of anilines is 1. The summed E-state index contributed by atoms with van der Waals surface area (Å²) >= 11 is 0. The number of aliphatic hydroxyl groups is 1. The molecule has 0 radical (unpaired) electrons. The van der Waals surface area contributed by atoms with E-state index in [0.717, 1.165) is 18.4 Å². The molecule has 1 aromatic rings. The van der Waals surface area contributed by atoms with Crippen LogP contribution in [0.1, 0.15) is 79.7 Å². The third-order valence-electron chi connectivity index (χ3n) is 7.01. The largest absolute Gasteiger partial charge is 0.606 e. The summed E-state index contributed by atoms with van der Waals surface area (Å²) in [6.07, 6.45) is 4.78. The van der Waals surface area contributed by atoms with Crippen molar-refractivity contribution in [3.8, 4) is 0 Å². The molecule has 226 valence electrons. The Morgan fingerprint density at radius 3 is 2.42 bits per heavy atom. The number of benzene rings is 1. The average molecular weight is 599 g/mol. The summed E-state index contributed by atoms with van der Waals surface area (Å²) in [6.45, 7) is 14.0. The molecule has 2 aliphatic heterocycles. The van der Waals surface area contributed by atoms with Gasteiger partial charge >= 0.3 is 7.52 Å². The van der Waals surface area contributed by atoms with Crippen molar-refractivity contribution in [3.63, 3.8) is 0 Å². The van der Waals surface area contributed by atoms with Crippen LogP contribution in [0.4, 0.5) is 5.69 Å². The lowest BCUT2D eigenvalue weighted by Crippen LogP contribution is -2.60. The summed E-state index contributed by atoms with van der Waals surface area (Å²) in [7, 11) is -6.67. The van der Waals surface area contributed by atoms with E-state index in [1.807, 2.05) is 39.0 Å². The van der Waals surface area contributed by atoms with Crippen molar-refractivity contribution in [1.82, 2.24) is 5.01 Å². The molecule has 2 aliphatic rings. The predicted molar refractivity (Wildman–Crippen MR) is 162 cm³/mol. The van der Waals surface area contributed by atoms with E-state index < -0.39 is 27.7 Å². The fourth-order valence-corrected chi connectivity index (χ4v) is 7.69. The van der Waals surface area contributed by atoms with Crippen LogP contribution in [0.5, 0.6) is 0 Å². The normalized spacial score (nSPS) is 23.7. The van der Waals surface area contributed by atoms with E-state index in [1.165, 1.54) is 11.3 Å². The molecule has 40 heavy (non-hydrogen) atoms. The number of sulfone groups is 1. The van der Waals surface area contributed by atoms with Gasteiger partial charge in [-0.05, 0) is 70.1 Å². The molecule has 2 N–H and O–H groups in total. The van der Waals surface area contributed by atoms with Crippen molar-refractivity contribution in [2.75, 3.05) is 37.0 Å². The SMILES string of the molecule is CCOP1(=O)N=C(C2=C(O)N(C(C)(C)C)[N+]([O-])(CCC(C)(C)C)C2)Nc2ccc(CCCCCS(C)(=O)=O)cc21. The quantitative estimate of drug-likeness (QED) is 0.144. The highest BCUT2D eigenvalue weighted by Crippen LogP contribution is 2.52. The van der Waals surface area contributed by atoms with Gasteiger partial charge in [0.25, 0.3) is 0 Å². The van der Waals surface area contributed by atoms with Crippen LogP contribution in [0.25, 0.3) is 0 Å². The Hall–Kier alpha value is -1.91. The van der Waals surface area contributed by atoms with E-state index in [0.29, 0.717) is 35.8 Å². The van der Waals surface area contributed by atoms with E-state index in [4.69, 9.17) is 4.52 Å². The molecule has 10 nitrogen and oxygen atoms in total. The molecule has 2 unspecified atom stereocenters. The smallest absolute Gasteiger partial charge is 0.348 e. The molecule has 12 heteroatoms. The van der Waals surface area contributed by atoms with Crippen LogP contribution >= 0.6 is 7.52 Å². The van der Waals surface area contributed by atoms with Crippen molar-refractivity contribution in [2.45, 2.75) is 86.1 Å². The van der Waals surface area contributed by atoms with Crippen molar-refractivity contribution in [3.05, 3.63) is 40.4 Å². The number of hydroxylamine groups is 2. The van der Waals surface area contributed by atoms with Crippen LogP contribution in [0.15, 0.2) is 34.4 Å². The van der Waals surface area contributed by atoms with Gasteiger partial charge in [-0.2, -0.15) is 9.77 Å². The zero-order chi connectivity index (χ0) is 30.1. The second-order valence-electron chi connectivity index (χ2n) is 13.1. The minimum absolute atomic E-state index is 0.0436. The first kappa shape index (κ1) is 32.6. The Morgan fingerprint density at radius 2 is 1.85 bits per heavy atom. The highest BCUT2D eigenvalue weighted by atomic mass is 32.2. The molecule has 1 aromatic carbocycles. The maximum absolute atomic E-state index is 14.2. The maximum atomic E-state index is 14.2. The Labute approximate surface area is 240 Å². The number of rotatable bonds is 11. The van der Waals surface area contributed by atoms with Gasteiger partial charge in [0.1, 0.15) is 34.3 Å². The average Bonchev–Trinajstić information content (AvgIpc) is 3.08. The molecular weight excluding hydrogens is 551 g/mol. The molecule has 2 heterocycles. The zero-order valence-electron chi connectivity index (χ0n) is 25.3. The standard InChI is InChI=1S/C28H47N4O6PS/c1-9-38-39(35)24-19-21(13-11-10-12-18-40(8,36)37)14-15-23(24)29-25(30-39)22-20-32(34,17-16-27(2,3)4)31(26(22)33)28(5,6)7/h14-15,19,33H,9-13,16-18,20H2,1-8H3,(H,29,30,35). The van der Waals surface area contributed by atoms with E-state index in [-0.39, 0.29) is 42.6 Å². The monoisotopic (exact) mass is 598 g/mol. The van der Waals surface area contributed by atoms with Gasteiger partial charge in [0.15, 0.2) is 0 Å². The lowest BCUT2D eigenvalue weighted by atomic mass is 9.92. The van der Waals surface area contributed by atoms with Crippen molar-refractivity contribution in [2.24, 2.45) is 10.2 Å². The topological polar surface area (TPSA) is 131 Å². The fraction of sp³-hybridized carbons (Fsp3) is 0.679. The molecule has 0 amide bonds. The Balaban J connectivity index is 1.91. The minimum Gasteiger partial charge on any atom is -0.606 e. The highest BCUT2D eigenvalue weighted by molar-refractivity contribution is 7.90. The number of nitrogens with zero attached hydrogens (tertiary/aromatic N) is 3. The van der Waals surface area contributed by atoms with Crippen LogP contribution in [0.3, 0.4) is 0 Å². The van der Waals surface area contributed by atoms with E-state index >= 15 is 0 Å². The van der Waals surface area contributed by atoms with Gasteiger partial charge in [-0.1, -0.05) is 33.3 Å². The number of aryl methyl sites for hydroxylation is 1. The molecule has 0 saturated heterocycles. The molecule has 0 spiro atoms. The number of aliphatic hydroxyl groups excluding tert-OH is 1. The van der Waals surface area contributed by atoms with Crippen LogP contribution in [-0.4, -0.2) is 66.4 Å². The third-order valence-corrected chi connectivity index (χ3v) is 10.1. The molecule has 0 aromatic heterocycles. The summed E-state index contributed by atoms with van der Waals surface area (Å²) in [4.78, 5) is 0. The fourth-order valence-electron chi connectivity index (χ4n) is 5.11. The number of unbranched alkanes of at least 4 members (excludes halogenated alkanes) is 2. The van der Waals surface area contributed by atoms with E-state index in [2.05, 4.69) is 30.9 Å². The van der Waals surface area contributed by atoms with Crippen molar-refractivity contribution >= 4 is 34.2 Å². The lowest BCUT2D eigenvalue weighted by molar-refractivity contribution is -0.987. The van der Waals surface area contributed by atoms with Gasteiger partial charge < -0.3 is 20.2 Å². The molecule has 0 fully saturated rings.